The van der Waals surface area contributed by atoms with E-state index in [0.717, 1.165) is 24.0 Å². The van der Waals surface area contributed by atoms with E-state index in [1.165, 1.54) is 7.11 Å². The zero-order valence-corrected chi connectivity index (χ0v) is 20.5. The number of carbonyl (C=O) groups is 4. The molecule has 2 bridgehead atoms. The van der Waals surface area contributed by atoms with E-state index in [0.29, 0.717) is 24.3 Å². The number of benzene rings is 1. The maximum absolute atomic E-state index is 12.8. The molecule has 4 aliphatic rings. The number of carbonyl (C=O) groups excluding carboxylic acids is 2. The number of hydrogen-bond acceptors (Lipinski definition) is 10. The first-order chi connectivity index (χ1) is 18.0. The van der Waals surface area contributed by atoms with Crippen LogP contribution in [0.4, 0.5) is 0 Å². The van der Waals surface area contributed by atoms with Crippen molar-refractivity contribution >= 4 is 23.9 Å². The van der Waals surface area contributed by atoms with E-state index in [4.69, 9.17) is 24.1 Å². The van der Waals surface area contributed by atoms with Crippen LogP contribution in [0.2, 0.25) is 0 Å². The topological polar surface area (TPSA) is 186 Å². The lowest BCUT2D eigenvalue weighted by Gasteiger charge is -2.59. The van der Waals surface area contributed by atoms with Crippen molar-refractivity contribution in [2.24, 2.45) is 5.92 Å². The Bertz CT molecular complexity index is 1240. The van der Waals surface area contributed by atoms with E-state index < -0.39 is 66.0 Å². The van der Waals surface area contributed by atoms with Crippen molar-refractivity contribution in [1.29, 1.82) is 0 Å². The van der Waals surface area contributed by atoms with E-state index >= 15 is 0 Å². The highest BCUT2D eigenvalue weighted by Gasteiger charge is 2.70. The fourth-order valence-corrected chi connectivity index (χ4v) is 6.64. The molecule has 1 heterocycles. The van der Waals surface area contributed by atoms with Crippen LogP contribution in [0.3, 0.4) is 0 Å². The minimum atomic E-state index is -2.08. The Kier molecular flexibility index (Phi) is 6.35. The van der Waals surface area contributed by atoms with Gasteiger partial charge in [-0.3, -0.25) is 9.59 Å². The van der Waals surface area contributed by atoms with Crippen molar-refractivity contribution in [3.05, 3.63) is 35.1 Å². The Balaban J connectivity index is 1.38. The van der Waals surface area contributed by atoms with Crippen molar-refractivity contribution in [3.8, 4) is 11.5 Å². The molecule has 204 valence electrons. The molecule has 1 fully saturated rings. The van der Waals surface area contributed by atoms with Gasteiger partial charge in [0.25, 0.3) is 0 Å². The van der Waals surface area contributed by atoms with Gasteiger partial charge in [-0.2, -0.15) is 0 Å². The van der Waals surface area contributed by atoms with Gasteiger partial charge < -0.3 is 39.4 Å². The number of esters is 2. The van der Waals surface area contributed by atoms with Gasteiger partial charge in [0.1, 0.15) is 5.76 Å². The lowest BCUT2D eigenvalue weighted by molar-refractivity contribution is -0.172. The molecule has 12 nitrogen and oxygen atoms in total. The van der Waals surface area contributed by atoms with Gasteiger partial charge in [0.15, 0.2) is 23.7 Å². The van der Waals surface area contributed by atoms with Gasteiger partial charge in [-0.15, -0.1) is 0 Å². The second kappa shape index (κ2) is 9.28. The molecule has 1 aliphatic heterocycles. The van der Waals surface area contributed by atoms with Gasteiger partial charge in [0.2, 0.25) is 6.10 Å². The predicted octanol–water partition coefficient (Wildman–Crippen LogP) is 0.834. The lowest BCUT2D eigenvalue weighted by atomic mass is 9.47. The maximum Gasteiger partial charge on any atom is 0.345 e. The van der Waals surface area contributed by atoms with Crippen molar-refractivity contribution in [3.63, 3.8) is 0 Å². The summed E-state index contributed by atoms with van der Waals surface area (Å²) in [7, 11) is 1.51. The molecule has 3 aliphatic carbocycles. The van der Waals surface area contributed by atoms with Crippen molar-refractivity contribution in [1.82, 2.24) is 0 Å². The first-order valence-electron chi connectivity index (χ1n) is 12.3. The molecule has 0 amide bonds. The van der Waals surface area contributed by atoms with E-state index in [-0.39, 0.29) is 18.1 Å². The number of methoxy groups -OCH3 is 1. The Morgan fingerprint density at radius 1 is 1.13 bits per heavy atom. The molecule has 0 saturated heterocycles. The summed E-state index contributed by atoms with van der Waals surface area (Å²) in [5.74, 6) is -4.55. The number of carboxylic acid groups (broad SMARTS) is 2. The molecule has 38 heavy (non-hydrogen) atoms. The zero-order valence-electron chi connectivity index (χ0n) is 20.5. The van der Waals surface area contributed by atoms with Gasteiger partial charge in [-0.05, 0) is 49.3 Å². The third-order valence-corrected chi connectivity index (χ3v) is 8.25. The molecule has 1 spiro atoms. The summed E-state index contributed by atoms with van der Waals surface area (Å²) < 4.78 is 22.2. The summed E-state index contributed by atoms with van der Waals surface area (Å²) in [5, 5.41) is 39.5. The van der Waals surface area contributed by atoms with Crippen molar-refractivity contribution < 1.29 is 58.6 Å². The number of carboxylic acids is 2. The molecule has 1 aromatic rings. The van der Waals surface area contributed by atoms with E-state index in [2.05, 4.69) is 0 Å². The van der Waals surface area contributed by atoms with E-state index in [1.807, 2.05) is 12.1 Å². The molecular weight excluding hydrogens is 504 g/mol. The van der Waals surface area contributed by atoms with Crippen molar-refractivity contribution in [2.45, 2.75) is 74.3 Å². The third kappa shape index (κ3) is 3.81. The molecule has 0 aromatic heterocycles. The average molecular weight is 532 g/mol. The molecular formula is C26H28O12. The minimum absolute atomic E-state index is 0.0142. The zero-order chi connectivity index (χ0) is 27.4. The monoisotopic (exact) mass is 532 g/mol. The molecule has 0 unspecified atom stereocenters. The smallest absolute Gasteiger partial charge is 0.345 e. The Morgan fingerprint density at radius 2 is 1.89 bits per heavy atom. The van der Waals surface area contributed by atoms with Crippen LogP contribution in [0.25, 0.3) is 0 Å². The number of ether oxygens (including phenoxy) is 4. The van der Waals surface area contributed by atoms with E-state index in [1.54, 1.807) is 6.08 Å². The summed E-state index contributed by atoms with van der Waals surface area (Å²) in [5.41, 5.74) is -0.0906. The minimum Gasteiger partial charge on any atom is -0.493 e. The first kappa shape index (κ1) is 26.0. The van der Waals surface area contributed by atoms with Crippen LogP contribution in [-0.4, -0.2) is 75.3 Å². The highest BCUT2D eigenvalue weighted by atomic mass is 16.6. The van der Waals surface area contributed by atoms with Crippen LogP contribution in [0, 0.1) is 5.92 Å². The number of aliphatic hydroxyl groups excluding tert-OH is 1. The number of aliphatic carboxylic acids is 2. The predicted molar refractivity (Wildman–Crippen MR) is 124 cm³/mol. The van der Waals surface area contributed by atoms with Crippen LogP contribution in [-0.2, 0) is 40.5 Å². The molecule has 5 rings (SSSR count). The number of aliphatic hydroxyl groups is 2. The largest absolute Gasteiger partial charge is 0.493 e. The van der Waals surface area contributed by atoms with Crippen LogP contribution in [0.1, 0.15) is 49.7 Å². The highest BCUT2D eigenvalue weighted by molar-refractivity contribution is 5.85. The Hall–Kier alpha value is -3.64. The second-order valence-electron chi connectivity index (χ2n) is 10.2. The van der Waals surface area contributed by atoms with E-state index in [9.17, 15) is 34.5 Å². The van der Waals surface area contributed by atoms with Crippen LogP contribution < -0.4 is 9.47 Å². The van der Waals surface area contributed by atoms with Gasteiger partial charge >= 0.3 is 23.9 Å². The standard InChI is InChI=1S/C26H28O12/c1-35-15-5-4-12-9-13-3-2-7-25-20(12)21(15)38-22(25)16(6-8-26(13,25)34)36-19(29)11-17(24(32)33)37-18(28)10-14(27)23(30)31/h4-6,13-14,17,22,27,34H,2-3,7-11H2,1H3,(H,30,31)(H,32,33)/t13-,14+,17+,22+,25+,26-/m1/s1. The van der Waals surface area contributed by atoms with Gasteiger partial charge in [-0.25, -0.2) is 9.59 Å². The maximum atomic E-state index is 12.8. The normalized spacial score (nSPS) is 29.6. The van der Waals surface area contributed by atoms with Crippen LogP contribution >= 0.6 is 0 Å². The fraction of sp³-hybridized carbons (Fsp3) is 0.538. The molecule has 0 radical (unpaired) electrons. The summed E-state index contributed by atoms with van der Waals surface area (Å²) in [6.45, 7) is 0. The molecule has 12 heteroatoms. The Labute approximate surface area is 216 Å². The van der Waals surface area contributed by atoms with Gasteiger partial charge in [0, 0.05) is 5.56 Å². The molecule has 6 atom stereocenters. The lowest BCUT2D eigenvalue weighted by Crippen LogP contribution is -2.67. The van der Waals surface area contributed by atoms with Crippen LogP contribution in [0.15, 0.2) is 24.0 Å². The molecule has 1 saturated carbocycles. The summed E-state index contributed by atoms with van der Waals surface area (Å²) >= 11 is 0. The quantitative estimate of drug-likeness (QED) is 0.329. The Morgan fingerprint density at radius 3 is 2.58 bits per heavy atom. The fourth-order valence-electron chi connectivity index (χ4n) is 6.64. The summed E-state index contributed by atoms with van der Waals surface area (Å²) in [6, 6.07) is 3.78. The van der Waals surface area contributed by atoms with Gasteiger partial charge in [-0.1, -0.05) is 12.5 Å². The number of rotatable bonds is 9. The average Bonchev–Trinajstić information content (AvgIpc) is 3.20. The van der Waals surface area contributed by atoms with Crippen LogP contribution in [0.5, 0.6) is 11.5 Å². The number of hydrogen-bond donors (Lipinski definition) is 4. The van der Waals surface area contributed by atoms with Crippen molar-refractivity contribution in [2.75, 3.05) is 7.11 Å². The molecule has 1 aromatic carbocycles. The molecule has 4 N–H and O–H groups in total. The summed E-state index contributed by atoms with van der Waals surface area (Å²) in [6.07, 6.45) is -1.98. The SMILES string of the molecule is COc1ccc2c3c1O[C@H]1C(OC(=O)C[C@H](OC(=O)C[C@H](O)C(=O)O)C(=O)O)=CC[C@@]4(O)[C@H](CCC[C@]314)C2. The highest BCUT2D eigenvalue weighted by Crippen LogP contribution is 2.67. The summed E-state index contributed by atoms with van der Waals surface area (Å²) in [4.78, 5) is 47.0. The second-order valence-corrected chi connectivity index (χ2v) is 10.2. The third-order valence-electron chi connectivity index (χ3n) is 8.25. The first-order valence-corrected chi connectivity index (χ1v) is 12.3. The van der Waals surface area contributed by atoms with Gasteiger partial charge in [0.05, 0.1) is 31.0 Å².